The second kappa shape index (κ2) is 5.83. The van der Waals surface area contributed by atoms with Gasteiger partial charge < -0.3 is 0 Å². The van der Waals surface area contributed by atoms with Gasteiger partial charge in [0.1, 0.15) is 11.7 Å². The number of benzene rings is 1. The van der Waals surface area contributed by atoms with Gasteiger partial charge in [0.05, 0.1) is 7.05 Å². The van der Waals surface area contributed by atoms with Crippen LogP contribution in [0, 0.1) is 6.92 Å². The van der Waals surface area contributed by atoms with E-state index in [2.05, 4.69) is 75.7 Å². The average Bonchev–Trinajstić information content (AvgIpc) is 2.86. The standard InChI is InChI=1S/C21H26N3/c1-16-10-7-8-13-19(16)23-17(2)24(3,18-11-5-4-6-12-18)21-20(23)14-9-15-22-21/h4-8,10-11,13,15,17-18H,9,12,14H2,1-3H3/q+1/p+1. The molecule has 0 spiro atoms. The first-order chi connectivity index (χ1) is 11.6. The summed E-state index contributed by atoms with van der Waals surface area (Å²) in [5.74, 6) is 1.29. The molecule has 4 unspecified atom stereocenters. The zero-order chi connectivity index (χ0) is 16.7. The number of likely N-dealkylation sites (N-methyl/N-ethyl adjacent to an activating group) is 1. The Bertz CT molecular complexity index is 771. The summed E-state index contributed by atoms with van der Waals surface area (Å²) in [6.45, 7) is 4.62. The molecule has 1 aromatic carbocycles. The monoisotopic (exact) mass is 321 g/mol. The minimum Gasteiger partial charge on any atom is -0.218 e. The van der Waals surface area contributed by atoms with Crippen LogP contribution in [0.2, 0.25) is 0 Å². The molecule has 0 saturated heterocycles. The summed E-state index contributed by atoms with van der Waals surface area (Å²) in [4.78, 5) is 6.44. The Morgan fingerprint density at radius 2 is 2.04 bits per heavy atom. The van der Waals surface area contributed by atoms with Crippen molar-refractivity contribution in [3.05, 3.63) is 65.7 Å². The van der Waals surface area contributed by atoms with Crippen molar-refractivity contribution >= 4 is 11.9 Å². The molecule has 24 heavy (non-hydrogen) atoms. The Morgan fingerprint density at radius 3 is 2.79 bits per heavy atom. The fourth-order valence-corrected chi connectivity index (χ4v) is 4.60. The molecule has 2 aliphatic heterocycles. The topological polar surface area (TPSA) is 16.8 Å². The van der Waals surface area contributed by atoms with Gasteiger partial charge in [0.15, 0.2) is 5.70 Å². The van der Waals surface area contributed by atoms with Gasteiger partial charge in [-0.05, 0) is 25.5 Å². The third-order valence-corrected chi connectivity index (χ3v) is 6.09. The molecule has 4 atom stereocenters. The van der Waals surface area contributed by atoms with Crippen LogP contribution in [0.1, 0.15) is 31.7 Å². The van der Waals surface area contributed by atoms with Crippen LogP contribution in [0.3, 0.4) is 0 Å². The number of aryl methyl sites for hydroxylation is 1. The highest BCUT2D eigenvalue weighted by atomic mass is 15.6. The number of para-hydroxylation sites is 1. The highest BCUT2D eigenvalue weighted by Gasteiger charge is 2.57. The van der Waals surface area contributed by atoms with Crippen LogP contribution in [-0.4, -0.2) is 30.0 Å². The van der Waals surface area contributed by atoms with Crippen molar-refractivity contribution in [3.8, 4) is 0 Å². The minimum atomic E-state index is 0.424. The van der Waals surface area contributed by atoms with Crippen molar-refractivity contribution in [2.45, 2.75) is 45.3 Å². The van der Waals surface area contributed by atoms with E-state index in [4.69, 9.17) is 4.99 Å². The number of hydrogen-bond donors (Lipinski definition) is 1. The number of aliphatic imine (C=N–C) groups is 1. The van der Waals surface area contributed by atoms with Gasteiger partial charge in [-0.25, -0.2) is 14.4 Å². The lowest BCUT2D eigenvalue weighted by molar-refractivity contribution is -1.04. The molecule has 1 aromatic rings. The fraction of sp³-hybridized carbons (Fsp3) is 0.381. The molecule has 3 nitrogen and oxygen atoms in total. The van der Waals surface area contributed by atoms with E-state index in [9.17, 15) is 0 Å². The summed E-state index contributed by atoms with van der Waals surface area (Å²) in [5.41, 5.74) is 4.27. The third-order valence-electron chi connectivity index (χ3n) is 6.09. The smallest absolute Gasteiger partial charge is 0.218 e. The van der Waals surface area contributed by atoms with Crippen LogP contribution in [-0.2, 0) is 0 Å². The number of nitrogens with zero attached hydrogens (tertiary/aromatic N) is 2. The van der Waals surface area contributed by atoms with E-state index in [0.29, 0.717) is 12.2 Å². The second-order valence-electron chi connectivity index (χ2n) is 7.32. The molecule has 4 rings (SSSR count). The van der Waals surface area contributed by atoms with Crippen molar-refractivity contribution in [1.82, 2.24) is 0 Å². The Labute approximate surface area is 144 Å². The first kappa shape index (κ1) is 15.6. The van der Waals surface area contributed by atoms with E-state index in [-0.39, 0.29) is 0 Å². The fourth-order valence-electron chi connectivity index (χ4n) is 4.60. The van der Waals surface area contributed by atoms with Crippen molar-refractivity contribution in [3.63, 3.8) is 0 Å². The predicted octanol–water partition coefficient (Wildman–Crippen LogP) is 3.24. The van der Waals surface area contributed by atoms with E-state index < -0.39 is 0 Å². The number of allylic oxidation sites excluding steroid dienone is 3. The number of quaternary nitrogens is 2. The van der Waals surface area contributed by atoms with Gasteiger partial charge in [0.25, 0.3) is 5.82 Å². The SMILES string of the molecule is Cc1ccccc1[NH+]1C2=C(N=CCC2)[N+](C)(C2C=CC=CC2)C1C. The second-order valence-corrected chi connectivity index (χ2v) is 7.32. The van der Waals surface area contributed by atoms with E-state index >= 15 is 0 Å². The number of rotatable bonds is 2. The van der Waals surface area contributed by atoms with Crippen LogP contribution < -0.4 is 4.90 Å². The first-order valence-corrected chi connectivity index (χ1v) is 9.02. The summed E-state index contributed by atoms with van der Waals surface area (Å²) in [7, 11) is 2.38. The molecule has 0 amide bonds. The lowest BCUT2D eigenvalue weighted by atomic mass is 10.0. The summed E-state index contributed by atoms with van der Waals surface area (Å²) in [6, 6.07) is 9.28. The Morgan fingerprint density at radius 1 is 1.21 bits per heavy atom. The summed E-state index contributed by atoms with van der Waals surface area (Å²) >= 11 is 0. The van der Waals surface area contributed by atoms with Crippen LogP contribution in [0.15, 0.2) is 65.1 Å². The van der Waals surface area contributed by atoms with Crippen LogP contribution in [0.4, 0.5) is 5.69 Å². The number of hydrogen-bond acceptors (Lipinski definition) is 1. The molecule has 0 fully saturated rings. The minimum absolute atomic E-state index is 0.424. The van der Waals surface area contributed by atoms with E-state index in [1.807, 2.05) is 0 Å². The molecule has 0 saturated carbocycles. The maximum absolute atomic E-state index is 4.92. The maximum atomic E-state index is 4.92. The normalized spacial score (nSPS) is 34.7. The highest BCUT2D eigenvalue weighted by Crippen LogP contribution is 2.36. The van der Waals surface area contributed by atoms with Crippen molar-refractivity contribution < 1.29 is 9.38 Å². The van der Waals surface area contributed by atoms with Gasteiger partial charge in [0, 0.05) is 31.5 Å². The van der Waals surface area contributed by atoms with E-state index in [0.717, 1.165) is 23.7 Å². The zero-order valence-electron chi connectivity index (χ0n) is 14.9. The predicted molar refractivity (Wildman–Crippen MR) is 98.9 cm³/mol. The first-order valence-electron chi connectivity index (χ1n) is 9.02. The molecule has 0 bridgehead atoms. The van der Waals surface area contributed by atoms with Crippen LogP contribution in [0.25, 0.3) is 0 Å². The van der Waals surface area contributed by atoms with Gasteiger partial charge in [-0.1, -0.05) is 36.4 Å². The van der Waals surface area contributed by atoms with Crippen molar-refractivity contribution in [1.29, 1.82) is 0 Å². The lowest BCUT2D eigenvalue weighted by Gasteiger charge is -2.39. The molecule has 3 heteroatoms. The Hall–Kier alpha value is -1.97. The Balaban J connectivity index is 1.85. The number of nitrogens with one attached hydrogen (secondary N) is 1. The maximum Gasteiger partial charge on any atom is 0.290 e. The van der Waals surface area contributed by atoms with Gasteiger partial charge >= 0.3 is 0 Å². The molecule has 3 aliphatic rings. The summed E-state index contributed by atoms with van der Waals surface area (Å²) in [5, 5.41) is 0. The highest BCUT2D eigenvalue weighted by molar-refractivity contribution is 5.61. The molecule has 1 aliphatic carbocycles. The summed E-state index contributed by atoms with van der Waals surface area (Å²) in [6.07, 6.45) is 14.8. The van der Waals surface area contributed by atoms with E-state index in [1.54, 1.807) is 0 Å². The van der Waals surface area contributed by atoms with Gasteiger partial charge in [-0.3, -0.25) is 0 Å². The molecule has 124 valence electrons. The van der Waals surface area contributed by atoms with Crippen LogP contribution >= 0.6 is 0 Å². The molecule has 0 radical (unpaired) electrons. The summed E-state index contributed by atoms with van der Waals surface area (Å²) < 4.78 is 0.899. The van der Waals surface area contributed by atoms with Crippen LogP contribution in [0.5, 0.6) is 0 Å². The van der Waals surface area contributed by atoms with Gasteiger partial charge in [-0.2, -0.15) is 0 Å². The lowest BCUT2D eigenvalue weighted by Crippen LogP contribution is -3.10. The molecular formula is C21H27N3+2. The third kappa shape index (κ3) is 2.15. The van der Waals surface area contributed by atoms with Crippen molar-refractivity contribution in [2.24, 2.45) is 4.99 Å². The molecule has 2 heterocycles. The van der Waals surface area contributed by atoms with Gasteiger partial charge in [-0.15, -0.1) is 0 Å². The van der Waals surface area contributed by atoms with Gasteiger partial charge in [0.2, 0.25) is 6.17 Å². The molecular weight excluding hydrogens is 294 g/mol. The van der Waals surface area contributed by atoms with E-state index in [1.165, 1.54) is 27.7 Å². The quantitative estimate of drug-likeness (QED) is 0.806. The Kier molecular flexibility index (Phi) is 3.78. The zero-order valence-corrected chi connectivity index (χ0v) is 14.9. The average molecular weight is 321 g/mol. The molecule has 0 aromatic heterocycles. The molecule has 1 N–H and O–H groups in total. The largest absolute Gasteiger partial charge is 0.290 e. The van der Waals surface area contributed by atoms with Crippen molar-refractivity contribution in [2.75, 3.05) is 7.05 Å².